The van der Waals surface area contributed by atoms with Crippen LogP contribution in [0.2, 0.25) is 0 Å². The van der Waals surface area contributed by atoms with Crippen molar-refractivity contribution in [2.24, 2.45) is 0 Å². The summed E-state index contributed by atoms with van der Waals surface area (Å²) in [6.45, 7) is 4.72. The third-order valence-electron chi connectivity index (χ3n) is 12.2. The molecule has 0 spiro atoms. The van der Waals surface area contributed by atoms with Gasteiger partial charge in [-0.1, -0.05) is 141 Å². The van der Waals surface area contributed by atoms with Crippen molar-refractivity contribution in [1.29, 1.82) is 0 Å². The van der Waals surface area contributed by atoms with Crippen molar-refractivity contribution in [2.75, 3.05) is 4.90 Å². The van der Waals surface area contributed by atoms with Crippen LogP contribution in [0.25, 0.3) is 87.6 Å². The van der Waals surface area contributed by atoms with E-state index in [1.807, 2.05) is 0 Å². The summed E-state index contributed by atoms with van der Waals surface area (Å²) >= 11 is 0. The highest BCUT2D eigenvalue weighted by Gasteiger charge is 2.36. The lowest BCUT2D eigenvalue weighted by Gasteiger charge is -2.29. The fraction of sp³-hybridized carbons (Fsp3) is 0.0588. The predicted octanol–water partition coefficient (Wildman–Crippen LogP) is 14.5. The monoisotopic (exact) mass is 675 g/mol. The van der Waals surface area contributed by atoms with Gasteiger partial charge in [-0.05, 0) is 96.4 Å². The Morgan fingerprint density at radius 1 is 0.415 bits per heavy atom. The Bertz CT molecular complexity index is 3180. The van der Waals surface area contributed by atoms with Gasteiger partial charge in [0.25, 0.3) is 0 Å². The number of furan rings is 1. The lowest BCUT2D eigenvalue weighted by Crippen LogP contribution is -2.16. The van der Waals surface area contributed by atoms with E-state index in [9.17, 15) is 0 Å². The van der Waals surface area contributed by atoms with Gasteiger partial charge in [-0.15, -0.1) is 0 Å². The zero-order chi connectivity index (χ0) is 35.0. The Labute approximate surface area is 307 Å². The molecule has 0 saturated heterocycles. The summed E-state index contributed by atoms with van der Waals surface area (Å²) in [5.41, 5.74) is 15.3. The maximum atomic E-state index is 6.88. The fourth-order valence-electron chi connectivity index (χ4n) is 9.71. The molecule has 10 aromatic rings. The highest BCUT2D eigenvalue weighted by Crippen LogP contribution is 2.54. The van der Waals surface area contributed by atoms with Gasteiger partial charge in [-0.25, -0.2) is 0 Å². The van der Waals surface area contributed by atoms with Crippen LogP contribution in [0, 0.1) is 0 Å². The summed E-state index contributed by atoms with van der Waals surface area (Å²) in [4.78, 5) is 2.46. The Morgan fingerprint density at radius 3 is 1.92 bits per heavy atom. The molecule has 0 fully saturated rings. The second-order valence-corrected chi connectivity index (χ2v) is 15.3. The molecule has 1 aromatic heterocycles. The van der Waals surface area contributed by atoms with E-state index in [-0.39, 0.29) is 5.41 Å². The van der Waals surface area contributed by atoms with E-state index in [1.165, 1.54) is 87.6 Å². The molecular formula is C51H33NO. The lowest BCUT2D eigenvalue weighted by molar-refractivity contribution is 0.660. The first-order valence-corrected chi connectivity index (χ1v) is 18.5. The Hall–Kier alpha value is -6.64. The maximum absolute atomic E-state index is 6.88. The first kappa shape index (κ1) is 29.0. The van der Waals surface area contributed by atoms with E-state index in [0.29, 0.717) is 0 Å². The molecule has 248 valence electrons. The summed E-state index contributed by atoms with van der Waals surface area (Å²) in [5.74, 6) is 0. The average molecular weight is 676 g/mol. The molecule has 0 amide bonds. The highest BCUT2D eigenvalue weighted by molar-refractivity contribution is 6.39. The second kappa shape index (κ2) is 10.2. The van der Waals surface area contributed by atoms with Crippen molar-refractivity contribution >= 4 is 71.3 Å². The van der Waals surface area contributed by atoms with Crippen LogP contribution in [0.4, 0.5) is 17.1 Å². The Balaban J connectivity index is 1.20. The number of rotatable bonds is 4. The largest absolute Gasteiger partial charge is 0.456 e. The Morgan fingerprint density at radius 2 is 1.08 bits per heavy atom. The van der Waals surface area contributed by atoms with Gasteiger partial charge in [0.1, 0.15) is 11.2 Å². The topological polar surface area (TPSA) is 16.4 Å². The van der Waals surface area contributed by atoms with Gasteiger partial charge in [-0.2, -0.15) is 0 Å². The van der Waals surface area contributed by atoms with E-state index in [4.69, 9.17) is 4.42 Å². The first-order valence-electron chi connectivity index (χ1n) is 18.5. The van der Waals surface area contributed by atoms with E-state index >= 15 is 0 Å². The smallest absolute Gasteiger partial charge is 0.138 e. The van der Waals surface area contributed by atoms with Crippen molar-refractivity contribution in [3.8, 4) is 33.4 Å². The molecule has 0 aliphatic heterocycles. The van der Waals surface area contributed by atoms with Gasteiger partial charge in [0.2, 0.25) is 0 Å². The molecule has 1 heterocycles. The summed E-state index contributed by atoms with van der Waals surface area (Å²) in [5, 5.41) is 9.99. The van der Waals surface area contributed by atoms with Gasteiger partial charge < -0.3 is 9.32 Å². The predicted molar refractivity (Wildman–Crippen MR) is 223 cm³/mol. The van der Waals surface area contributed by atoms with Gasteiger partial charge >= 0.3 is 0 Å². The zero-order valence-corrected chi connectivity index (χ0v) is 29.4. The van der Waals surface area contributed by atoms with E-state index in [1.54, 1.807) is 0 Å². The molecule has 2 aliphatic rings. The third kappa shape index (κ3) is 3.82. The van der Waals surface area contributed by atoms with Crippen LogP contribution >= 0.6 is 0 Å². The van der Waals surface area contributed by atoms with Crippen molar-refractivity contribution in [3.63, 3.8) is 0 Å². The van der Waals surface area contributed by atoms with Crippen LogP contribution in [-0.2, 0) is 5.41 Å². The minimum absolute atomic E-state index is 0.129. The average Bonchev–Trinajstić information content (AvgIpc) is 3.64. The van der Waals surface area contributed by atoms with Crippen LogP contribution < -0.4 is 4.90 Å². The van der Waals surface area contributed by atoms with Crippen molar-refractivity contribution in [2.45, 2.75) is 19.3 Å². The molecule has 53 heavy (non-hydrogen) atoms. The van der Waals surface area contributed by atoms with Crippen molar-refractivity contribution in [1.82, 2.24) is 0 Å². The number of hydrogen-bond donors (Lipinski definition) is 0. The van der Waals surface area contributed by atoms with E-state index in [2.05, 4.69) is 183 Å². The normalized spacial score (nSPS) is 13.6. The second-order valence-electron chi connectivity index (χ2n) is 15.3. The minimum atomic E-state index is -0.129. The standard InChI is InChI=1S/C51H33NO/c1-51(2)41-16-7-6-13-36(41)37-27-25-35(28-42(37)51)52(34-23-20-31(21-24-34)30-10-4-3-5-11-30)43-29-45-50-48-39(15-9-17-44(48)53-45)38-14-8-12-32-18-19-33-22-26-40(43)49(50)47(33)46(32)38/h3-29H,1-2H3. The van der Waals surface area contributed by atoms with Crippen molar-refractivity contribution < 1.29 is 4.42 Å². The van der Waals surface area contributed by atoms with Crippen LogP contribution in [0.15, 0.2) is 168 Å². The molecule has 0 saturated carbocycles. The summed E-state index contributed by atoms with van der Waals surface area (Å²) in [6.07, 6.45) is 0. The van der Waals surface area contributed by atoms with Gasteiger partial charge in [0.15, 0.2) is 0 Å². The summed E-state index contributed by atoms with van der Waals surface area (Å²) in [6, 6.07) is 60.4. The SMILES string of the molecule is CC1(C)c2ccccc2-c2ccc(N(c3ccc(-c4ccccc4)cc3)c3cc4oc5cccc6c5c4c4c3ccc3ccc5cccc-6c5c34)cc21. The molecule has 2 aliphatic carbocycles. The molecule has 0 N–H and O–H groups in total. The quantitative estimate of drug-likeness (QED) is 0.173. The fourth-order valence-corrected chi connectivity index (χ4v) is 9.71. The van der Waals surface area contributed by atoms with Crippen LogP contribution in [-0.4, -0.2) is 0 Å². The molecule has 0 radical (unpaired) electrons. The minimum Gasteiger partial charge on any atom is -0.456 e. The number of benzene rings is 9. The molecule has 0 atom stereocenters. The maximum Gasteiger partial charge on any atom is 0.138 e. The molecular weight excluding hydrogens is 643 g/mol. The summed E-state index contributed by atoms with van der Waals surface area (Å²) in [7, 11) is 0. The third-order valence-corrected chi connectivity index (χ3v) is 12.2. The number of fused-ring (bicyclic) bond motifs is 4. The van der Waals surface area contributed by atoms with Crippen LogP contribution in [0.3, 0.4) is 0 Å². The lowest BCUT2D eigenvalue weighted by atomic mass is 9.82. The summed E-state index contributed by atoms with van der Waals surface area (Å²) < 4.78 is 6.88. The van der Waals surface area contributed by atoms with Gasteiger partial charge in [-0.3, -0.25) is 0 Å². The van der Waals surface area contributed by atoms with Crippen molar-refractivity contribution in [3.05, 3.63) is 175 Å². The zero-order valence-electron chi connectivity index (χ0n) is 29.4. The molecule has 0 bridgehead atoms. The highest BCUT2D eigenvalue weighted by atomic mass is 16.3. The van der Waals surface area contributed by atoms with E-state index < -0.39 is 0 Å². The van der Waals surface area contributed by atoms with E-state index in [0.717, 1.165) is 28.2 Å². The molecule has 9 aromatic carbocycles. The molecule has 2 nitrogen and oxygen atoms in total. The van der Waals surface area contributed by atoms with Crippen LogP contribution in [0.1, 0.15) is 25.0 Å². The number of hydrogen-bond acceptors (Lipinski definition) is 2. The number of anilines is 3. The Kier molecular flexibility index (Phi) is 5.60. The molecule has 2 heteroatoms. The number of nitrogens with zero attached hydrogens (tertiary/aromatic N) is 1. The molecule has 0 unspecified atom stereocenters. The van der Waals surface area contributed by atoms with Gasteiger partial charge in [0, 0.05) is 44.4 Å². The van der Waals surface area contributed by atoms with Crippen LogP contribution in [0.5, 0.6) is 0 Å². The first-order chi connectivity index (χ1) is 26.0. The van der Waals surface area contributed by atoms with Gasteiger partial charge in [0.05, 0.1) is 5.69 Å². The molecule has 12 rings (SSSR count).